The van der Waals surface area contributed by atoms with Crippen LogP contribution in [-0.2, 0) is 0 Å². The van der Waals surface area contributed by atoms with E-state index in [0.29, 0.717) is 13.0 Å². The van der Waals surface area contributed by atoms with Crippen LogP contribution >= 0.6 is 0 Å². The molecule has 5 heteroatoms. The molecule has 17 heavy (non-hydrogen) atoms. The Bertz CT molecular complexity index is 399. The van der Waals surface area contributed by atoms with Crippen LogP contribution in [0.2, 0.25) is 0 Å². The SMILES string of the molecule is CC(C)(CCN)NC(=O)c1cc(F)cc(F)c1. The third-order valence-corrected chi connectivity index (χ3v) is 2.35. The summed E-state index contributed by atoms with van der Waals surface area (Å²) in [6.07, 6.45) is 0.580. The Morgan fingerprint density at radius 2 is 1.82 bits per heavy atom. The summed E-state index contributed by atoms with van der Waals surface area (Å²) in [5.74, 6) is -2.06. The molecule has 0 fully saturated rings. The lowest BCUT2D eigenvalue weighted by Gasteiger charge is -2.25. The predicted molar refractivity (Wildman–Crippen MR) is 61.6 cm³/mol. The fourth-order valence-corrected chi connectivity index (χ4v) is 1.49. The Labute approximate surface area is 99.0 Å². The number of halogens is 2. The maximum atomic E-state index is 12.9. The standard InChI is InChI=1S/C12H16F2N2O/c1-12(2,3-4-15)16-11(17)8-5-9(13)7-10(14)6-8/h5-7H,3-4,15H2,1-2H3,(H,16,17). The molecule has 94 valence electrons. The van der Waals surface area contributed by atoms with E-state index in [1.165, 1.54) is 0 Å². The molecule has 3 N–H and O–H groups in total. The molecule has 0 aliphatic carbocycles. The van der Waals surface area contributed by atoms with E-state index in [2.05, 4.69) is 5.32 Å². The van der Waals surface area contributed by atoms with Gasteiger partial charge in [0, 0.05) is 17.2 Å². The number of carbonyl (C=O) groups is 1. The molecule has 0 atom stereocenters. The first-order valence-electron chi connectivity index (χ1n) is 5.33. The molecule has 0 aliphatic heterocycles. The van der Waals surface area contributed by atoms with Gasteiger partial charge in [-0.25, -0.2) is 8.78 Å². The van der Waals surface area contributed by atoms with Crippen molar-refractivity contribution < 1.29 is 13.6 Å². The van der Waals surface area contributed by atoms with Crippen molar-refractivity contribution in [1.29, 1.82) is 0 Å². The molecule has 0 saturated heterocycles. The van der Waals surface area contributed by atoms with Crippen LogP contribution in [0.4, 0.5) is 8.78 Å². The highest BCUT2D eigenvalue weighted by atomic mass is 19.1. The molecule has 1 aromatic carbocycles. The smallest absolute Gasteiger partial charge is 0.251 e. The van der Waals surface area contributed by atoms with Crippen molar-refractivity contribution in [2.24, 2.45) is 5.73 Å². The van der Waals surface area contributed by atoms with Crippen LogP contribution in [0.25, 0.3) is 0 Å². The average molecular weight is 242 g/mol. The van der Waals surface area contributed by atoms with E-state index in [1.54, 1.807) is 13.8 Å². The Hall–Kier alpha value is -1.49. The van der Waals surface area contributed by atoms with E-state index in [4.69, 9.17) is 5.73 Å². The molecule has 3 nitrogen and oxygen atoms in total. The number of rotatable bonds is 4. The summed E-state index contributed by atoms with van der Waals surface area (Å²) in [6, 6.07) is 2.72. The fraction of sp³-hybridized carbons (Fsp3) is 0.417. The third-order valence-electron chi connectivity index (χ3n) is 2.35. The van der Waals surface area contributed by atoms with Gasteiger partial charge in [0.05, 0.1) is 0 Å². The Balaban J connectivity index is 2.83. The van der Waals surface area contributed by atoms with Gasteiger partial charge in [-0.3, -0.25) is 4.79 Å². The molecule has 1 aromatic rings. The molecule has 0 spiro atoms. The second kappa shape index (κ2) is 5.23. The molecule has 0 unspecified atom stereocenters. The summed E-state index contributed by atoms with van der Waals surface area (Å²) in [5, 5.41) is 2.68. The van der Waals surface area contributed by atoms with Crippen LogP contribution in [0, 0.1) is 11.6 Å². The van der Waals surface area contributed by atoms with Gasteiger partial charge in [-0.2, -0.15) is 0 Å². The summed E-state index contributed by atoms with van der Waals surface area (Å²) < 4.78 is 25.9. The lowest BCUT2D eigenvalue weighted by molar-refractivity contribution is 0.0909. The Morgan fingerprint density at radius 1 is 1.29 bits per heavy atom. The normalized spacial score (nSPS) is 11.4. The molecule has 0 radical (unpaired) electrons. The van der Waals surface area contributed by atoms with Gasteiger partial charge in [0.25, 0.3) is 5.91 Å². The largest absolute Gasteiger partial charge is 0.347 e. The summed E-state index contributed by atoms with van der Waals surface area (Å²) in [7, 11) is 0. The van der Waals surface area contributed by atoms with Gasteiger partial charge >= 0.3 is 0 Å². The van der Waals surface area contributed by atoms with Gasteiger partial charge in [0.1, 0.15) is 11.6 Å². The van der Waals surface area contributed by atoms with Crippen molar-refractivity contribution in [3.05, 3.63) is 35.4 Å². The molecule has 0 heterocycles. The third kappa shape index (κ3) is 4.11. The van der Waals surface area contributed by atoms with Crippen molar-refractivity contribution >= 4 is 5.91 Å². The predicted octanol–water partition coefficient (Wildman–Crippen LogP) is 1.82. The van der Waals surface area contributed by atoms with Crippen LogP contribution in [-0.4, -0.2) is 18.0 Å². The molecular formula is C12H16F2N2O. The summed E-state index contributed by atoms with van der Waals surface area (Å²) in [4.78, 5) is 11.8. The summed E-state index contributed by atoms with van der Waals surface area (Å²) >= 11 is 0. The number of benzene rings is 1. The number of carbonyl (C=O) groups excluding carboxylic acids is 1. The minimum atomic E-state index is -0.771. The lowest BCUT2D eigenvalue weighted by Crippen LogP contribution is -2.44. The number of hydrogen-bond acceptors (Lipinski definition) is 2. The highest BCUT2D eigenvalue weighted by molar-refractivity contribution is 5.94. The first-order chi connectivity index (χ1) is 7.84. The Morgan fingerprint density at radius 3 is 2.29 bits per heavy atom. The van der Waals surface area contributed by atoms with E-state index in [1.807, 2.05) is 0 Å². The first kappa shape index (κ1) is 13.6. The molecule has 0 saturated carbocycles. The van der Waals surface area contributed by atoms with Crippen LogP contribution in [0.5, 0.6) is 0 Å². The minimum absolute atomic E-state index is 0.0346. The maximum Gasteiger partial charge on any atom is 0.251 e. The summed E-state index contributed by atoms with van der Waals surface area (Å²) in [6.45, 7) is 4.02. The molecule has 0 bridgehead atoms. The van der Waals surface area contributed by atoms with E-state index in [-0.39, 0.29) is 5.56 Å². The van der Waals surface area contributed by atoms with Crippen molar-refractivity contribution in [3.8, 4) is 0 Å². The monoisotopic (exact) mass is 242 g/mol. The van der Waals surface area contributed by atoms with Gasteiger partial charge in [0.15, 0.2) is 0 Å². The number of hydrogen-bond donors (Lipinski definition) is 2. The van der Waals surface area contributed by atoms with Crippen LogP contribution < -0.4 is 11.1 Å². The highest BCUT2D eigenvalue weighted by Crippen LogP contribution is 2.11. The fourth-order valence-electron chi connectivity index (χ4n) is 1.49. The zero-order valence-electron chi connectivity index (χ0n) is 9.89. The van der Waals surface area contributed by atoms with E-state index < -0.39 is 23.1 Å². The minimum Gasteiger partial charge on any atom is -0.347 e. The molecule has 0 aliphatic rings. The summed E-state index contributed by atoms with van der Waals surface area (Å²) in [5.41, 5.74) is 4.87. The van der Waals surface area contributed by atoms with Gasteiger partial charge < -0.3 is 11.1 Å². The Kier molecular flexibility index (Phi) is 4.17. The van der Waals surface area contributed by atoms with Crippen molar-refractivity contribution in [1.82, 2.24) is 5.32 Å². The number of nitrogens with one attached hydrogen (secondary N) is 1. The topological polar surface area (TPSA) is 55.1 Å². The molecule has 1 amide bonds. The molecule has 1 rings (SSSR count). The zero-order valence-corrected chi connectivity index (χ0v) is 9.89. The van der Waals surface area contributed by atoms with E-state index in [0.717, 1.165) is 18.2 Å². The van der Waals surface area contributed by atoms with Crippen molar-refractivity contribution in [2.75, 3.05) is 6.54 Å². The van der Waals surface area contributed by atoms with E-state index in [9.17, 15) is 13.6 Å². The first-order valence-corrected chi connectivity index (χ1v) is 5.33. The van der Waals surface area contributed by atoms with E-state index >= 15 is 0 Å². The van der Waals surface area contributed by atoms with Gasteiger partial charge in [-0.05, 0) is 38.9 Å². The molecule has 0 aromatic heterocycles. The molecular weight excluding hydrogens is 226 g/mol. The maximum absolute atomic E-state index is 12.9. The second-order valence-corrected chi connectivity index (χ2v) is 4.53. The van der Waals surface area contributed by atoms with Gasteiger partial charge in [0.2, 0.25) is 0 Å². The quantitative estimate of drug-likeness (QED) is 0.846. The zero-order chi connectivity index (χ0) is 13.1. The highest BCUT2D eigenvalue weighted by Gasteiger charge is 2.20. The van der Waals surface area contributed by atoms with Crippen LogP contribution in [0.1, 0.15) is 30.6 Å². The average Bonchev–Trinajstić information content (AvgIpc) is 2.14. The second-order valence-electron chi connectivity index (χ2n) is 4.53. The van der Waals surface area contributed by atoms with Crippen molar-refractivity contribution in [2.45, 2.75) is 25.8 Å². The van der Waals surface area contributed by atoms with Crippen LogP contribution in [0.3, 0.4) is 0 Å². The van der Waals surface area contributed by atoms with Crippen LogP contribution in [0.15, 0.2) is 18.2 Å². The van der Waals surface area contributed by atoms with Gasteiger partial charge in [-0.1, -0.05) is 0 Å². The van der Waals surface area contributed by atoms with Crippen molar-refractivity contribution in [3.63, 3.8) is 0 Å². The lowest BCUT2D eigenvalue weighted by atomic mass is 10.00. The van der Waals surface area contributed by atoms with Gasteiger partial charge in [-0.15, -0.1) is 0 Å². The number of nitrogens with two attached hydrogens (primary N) is 1. The number of amides is 1.